The summed E-state index contributed by atoms with van der Waals surface area (Å²) in [5.41, 5.74) is 5.35. The van der Waals surface area contributed by atoms with E-state index in [4.69, 9.17) is 10.2 Å². The van der Waals surface area contributed by atoms with Gasteiger partial charge in [-0.15, -0.1) is 10.2 Å². The van der Waals surface area contributed by atoms with Crippen LogP contribution < -0.4 is 0 Å². The Morgan fingerprint density at radius 1 is 0.706 bits per heavy atom. The fourth-order valence-corrected chi connectivity index (χ4v) is 4.74. The number of benzene rings is 2. The second kappa shape index (κ2) is 14.9. The molecule has 0 amide bonds. The van der Waals surface area contributed by atoms with Crippen LogP contribution in [0, 0.1) is 0 Å². The summed E-state index contributed by atoms with van der Waals surface area (Å²) in [6.07, 6.45) is 17.7. The topological polar surface area (TPSA) is 50.9 Å². The fraction of sp³-hybridized carbons (Fsp3) is 0.600. The van der Waals surface area contributed by atoms with E-state index in [1.165, 1.54) is 81.8 Å². The molecule has 0 bridgehead atoms. The summed E-state index contributed by atoms with van der Waals surface area (Å²) >= 11 is 0. The van der Waals surface area contributed by atoms with Crippen molar-refractivity contribution in [3.05, 3.63) is 53.6 Å². The molecule has 0 aliphatic carbocycles. The van der Waals surface area contributed by atoms with Gasteiger partial charge in [-0.1, -0.05) is 103 Å². The Labute approximate surface area is 206 Å². The average molecular weight is 464 g/mol. The molecule has 1 unspecified atom stereocenters. The number of unbranched alkanes of at least 4 members (excludes halogenated alkanes) is 10. The molecule has 1 heterocycles. The molecule has 0 spiro atoms. The summed E-state index contributed by atoms with van der Waals surface area (Å²) in [5.74, 6) is 0. The third-order valence-electron chi connectivity index (χ3n) is 6.74. The first-order valence-corrected chi connectivity index (χ1v) is 13.8. The lowest BCUT2D eigenvalue weighted by Crippen LogP contribution is -2.11. The molecule has 1 aromatic heterocycles. The summed E-state index contributed by atoms with van der Waals surface area (Å²) in [5, 5.41) is 20.1. The van der Waals surface area contributed by atoms with E-state index in [0.29, 0.717) is 6.42 Å². The van der Waals surface area contributed by atoms with E-state index in [2.05, 4.69) is 32.0 Å². The summed E-state index contributed by atoms with van der Waals surface area (Å²) in [4.78, 5) is 1.76. The number of rotatable bonds is 17. The van der Waals surface area contributed by atoms with Crippen LogP contribution in [0.4, 0.5) is 0 Å². The summed E-state index contributed by atoms with van der Waals surface area (Å²) in [7, 11) is 0. The van der Waals surface area contributed by atoms with Gasteiger partial charge in [-0.3, -0.25) is 0 Å². The third kappa shape index (κ3) is 8.87. The lowest BCUT2D eigenvalue weighted by Gasteiger charge is -2.14. The van der Waals surface area contributed by atoms with E-state index in [1.54, 1.807) is 4.80 Å². The van der Waals surface area contributed by atoms with Crippen LogP contribution in [-0.4, -0.2) is 26.2 Å². The molecule has 1 atom stereocenters. The Hall–Kier alpha value is -2.20. The van der Waals surface area contributed by atoms with Crippen molar-refractivity contribution >= 4 is 11.0 Å². The predicted octanol–water partition coefficient (Wildman–Crippen LogP) is 7.98. The van der Waals surface area contributed by atoms with Crippen LogP contribution in [-0.2, 0) is 12.8 Å². The lowest BCUT2D eigenvalue weighted by atomic mass is 9.97. The molecule has 0 saturated heterocycles. The van der Waals surface area contributed by atoms with Crippen molar-refractivity contribution in [1.29, 1.82) is 0 Å². The third-order valence-corrected chi connectivity index (χ3v) is 6.74. The zero-order valence-electron chi connectivity index (χ0n) is 21.5. The number of aliphatic hydroxyl groups is 1. The van der Waals surface area contributed by atoms with Gasteiger partial charge in [0.2, 0.25) is 0 Å². The molecule has 0 saturated carbocycles. The molecule has 34 heavy (non-hydrogen) atoms. The number of aromatic nitrogens is 3. The molecule has 0 fully saturated rings. The van der Waals surface area contributed by atoms with E-state index in [-0.39, 0.29) is 6.10 Å². The molecule has 186 valence electrons. The van der Waals surface area contributed by atoms with E-state index in [9.17, 15) is 5.11 Å². The molecule has 2 aromatic carbocycles. The first kappa shape index (κ1) is 26.4. The standard InChI is InChI=1S/C30H45N3O/c1-3-5-7-9-10-12-13-17-25-21-26(24-28(34)18-14-11-8-6-4-2)23-27(22-25)33-31-29-19-15-16-20-30(29)32-33/h15-16,19-23,28,34H,3-14,17-18,24H2,1-2H3. The Morgan fingerprint density at radius 3 is 1.91 bits per heavy atom. The molecule has 0 aliphatic rings. The van der Waals surface area contributed by atoms with E-state index >= 15 is 0 Å². The maximum atomic E-state index is 10.7. The number of nitrogens with zero attached hydrogens (tertiary/aromatic N) is 3. The highest BCUT2D eigenvalue weighted by atomic mass is 16.3. The van der Waals surface area contributed by atoms with Gasteiger partial charge < -0.3 is 5.11 Å². The first-order chi connectivity index (χ1) is 16.7. The van der Waals surface area contributed by atoms with Crippen molar-refractivity contribution in [2.75, 3.05) is 0 Å². The van der Waals surface area contributed by atoms with Gasteiger partial charge in [0.1, 0.15) is 11.0 Å². The minimum absolute atomic E-state index is 0.284. The number of aryl methyl sites for hydroxylation is 1. The van der Waals surface area contributed by atoms with E-state index < -0.39 is 0 Å². The molecule has 3 rings (SSSR count). The van der Waals surface area contributed by atoms with Crippen molar-refractivity contribution in [3.8, 4) is 5.69 Å². The highest BCUT2D eigenvalue weighted by molar-refractivity contribution is 5.73. The van der Waals surface area contributed by atoms with Crippen LogP contribution in [0.25, 0.3) is 16.7 Å². The molecular weight excluding hydrogens is 418 g/mol. The molecule has 0 radical (unpaired) electrons. The minimum atomic E-state index is -0.284. The molecule has 1 N–H and O–H groups in total. The highest BCUT2D eigenvalue weighted by Crippen LogP contribution is 2.21. The van der Waals surface area contributed by atoms with Crippen molar-refractivity contribution in [2.45, 2.75) is 116 Å². The second-order valence-electron chi connectivity index (χ2n) is 9.92. The fourth-order valence-electron chi connectivity index (χ4n) is 4.74. The lowest BCUT2D eigenvalue weighted by molar-refractivity contribution is 0.161. The quantitative estimate of drug-likeness (QED) is 0.206. The molecule has 3 aromatic rings. The zero-order chi connectivity index (χ0) is 24.0. The molecular formula is C30H45N3O. The molecule has 0 aliphatic heterocycles. The largest absolute Gasteiger partial charge is 0.393 e. The first-order valence-electron chi connectivity index (χ1n) is 13.8. The van der Waals surface area contributed by atoms with Crippen molar-refractivity contribution < 1.29 is 5.11 Å². The number of fused-ring (bicyclic) bond motifs is 1. The Bertz CT molecular complexity index is 932. The normalized spacial score (nSPS) is 12.4. The SMILES string of the molecule is CCCCCCCCCc1cc(CC(O)CCCCCCC)cc(-n2nc3ccccc3n2)c1. The minimum Gasteiger partial charge on any atom is -0.393 e. The maximum absolute atomic E-state index is 10.7. The van der Waals surface area contributed by atoms with Gasteiger partial charge in [-0.05, 0) is 61.1 Å². The van der Waals surface area contributed by atoms with Gasteiger partial charge in [-0.2, -0.15) is 4.80 Å². The maximum Gasteiger partial charge on any atom is 0.113 e. The zero-order valence-corrected chi connectivity index (χ0v) is 21.5. The van der Waals surface area contributed by atoms with Crippen molar-refractivity contribution in [3.63, 3.8) is 0 Å². The Balaban J connectivity index is 1.66. The van der Waals surface area contributed by atoms with Crippen LogP contribution in [0.2, 0.25) is 0 Å². The van der Waals surface area contributed by atoms with E-state index in [1.807, 2.05) is 24.3 Å². The van der Waals surface area contributed by atoms with Gasteiger partial charge in [0.25, 0.3) is 0 Å². The van der Waals surface area contributed by atoms with Crippen molar-refractivity contribution in [1.82, 2.24) is 15.0 Å². The van der Waals surface area contributed by atoms with Crippen molar-refractivity contribution in [2.24, 2.45) is 0 Å². The van der Waals surface area contributed by atoms with Crippen LogP contribution >= 0.6 is 0 Å². The molecule has 4 heteroatoms. The van der Waals surface area contributed by atoms with Gasteiger partial charge in [-0.25, -0.2) is 0 Å². The van der Waals surface area contributed by atoms with Gasteiger partial charge in [0.05, 0.1) is 11.8 Å². The number of hydrogen-bond donors (Lipinski definition) is 1. The van der Waals surface area contributed by atoms with Crippen LogP contribution in [0.15, 0.2) is 42.5 Å². The van der Waals surface area contributed by atoms with Gasteiger partial charge in [0.15, 0.2) is 0 Å². The van der Waals surface area contributed by atoms with Crippen LogP contribution in [0.1, 0.15) is 108 Å². The monoisotopic (exact) mass is 463 g/mol. The Morgan fingerprint density at radius 2 is 1.26 bits per heavy atom. The van der Waals surface area contributed by atoms with Gasteiger partial charge in [0, 0.05) is 0 Å². The summed E-state index contributed by atoms with van der Waals surface area (Å²) < 4.78 is 0. The predicted molar refractivity (Wildman–Crippen MR) is 144 cm³/mol. The van der Waals surface area contributed by atoms with Crippen LogP contribution in [0.3, 0.4) is 0 Å². The highest BCUT2D eigenvalue weighted by Gasteiger charge is 2.11. The van der Waals surface area contributed by atoms with Gasteiger partial charge >= 0.3 is 0 Å². The van der Waals surface area contributed by atoms with E-state index in [0.717, 1.165) is 36.0 Å². The molecule has 4 nitrogen and oxygen atoms in total. The van der Waals surface area contributed by atoms with Crippen LogP contribution in [0.5, 0.6) is 0 Å². The smallest absolute Gasteiger partial charge is 0.113 e. The summed E-state index contributed by atoms with van der Waals surface area (Å²) in [6, 6.07) is 14.7. The second-order valence-corrected chi connectivity index (χ2v) is 9.92. The average Bonchev–Trinajstić information content (AvgIpc) is 3.28. The number of hydrogen-bond acceptors (Lipinski definition) is 3. The summed E-state index contributed by atoms with van der Waals surface area (Å²) in [6.45, 7) is 4.51. The number of aliphatic hydroxyl groups excluding tert-OH is 1. The Kier molecular flexibility index (Phi) is 11.6.